The monoisotopic (exact) mass is 224 g/mol. The maximum Gasteiger partial charge on any atom is 0.122 e. The van der Waals surface area contributed by atoms with Crippen LogP contribution in [-0.4, -0.2) is 41.1 Å². The minimum absolute atomic E-state index is 0.671. The predicted octanol–water partition coefficient (Wildman–Crippen LogP) is 1.10. The van der Waals surface area contributed by atoms with E-state index in [0.717, 1.165) is 32.0 Å². The molecule has 4 nitrogen and oxygen atoms in total. The highest BCUT2D eigenvalue weighted by atomic mass is 15.2. The first kappa shape index (κ1) is 13.2. The number of rotatable bonds is 7. The van der Waals surface area contributed by atoms with Crippen LogP contribution < -0.4 is 5.32 Å². The molecule has 1 rings (SSSR count). The van der Waals surface area contributed by atoms with Gasteiger partial charge in [0.2, 0.25) is 0 Å². The molecule has 1 N–H and O–H groups in total. The van der Waals surface area contributed by atoms with Gasteiger partial charge in [-0.3, -0.25) is 4.90 Å². The van der Waals surface area contributed by atoms with Gasteiger partial charge in [0, 0.05) is 26.0 Å². The lowest BCUT2D eigenvalue weighted by Gasteiger charge is -2.21. The first-order valence-corrected chi connectivity index (χ1v) is 5.99. The zero-order valence-corrected chi connectivity index (χ0v) is 10.9. The molecule has 0 aromatic carbocycles. The van der Waals surface area contributed by atoms with Gasteiger partial charge in [-0.15, -0.1) is 0 Å². The number of imidazole rings is 1. The lowest BCUT2D eigenvalue weighted by molar-refractivity contribution is 0.266. The summed E-state index contributed by atoms with van der Waals surface area (Å²) in [6, 6.07) is 0. The third-order valence-corrected chi connectivity index (χ3v) is 2.70. The van der Waals surface area contributed by atoms with Crippen molar-refractivity contribution in [2.45, 2.75) is 20.4 Å². The quantitative estimate of drug-likeness (QED) is 0.753. The topological polar surface area (TPSA) is 33.1 Å². The van der Waals surface area contributed by atoms with Gasteiger partial charge in [-0.2, -0.15) is 0 Å². The molecule has 0 saturated carbocycles. The number of nitrogens with one attached hydrogen (secondary N) is 1. The Bertz CT molecular complexity index is 295. The van der Waals surface area contributed by atoms with Gasteiger partial charge >= 0.3 is 0 Å². The Balaban J connectivity index is 2.30. The minimum Gasteiger partial charge on any atom is -0.337 e. The van der Waals surface area contributed by atoms with Gasteiger partial charge in [0.05, 0.1) is 6.54 Å². The van der Waals surface area contributed by atoms with E-state index in [-0.39, 0.29) is 0 Å². The number of hydrogen-bond donors (Lipinski definition) is 1. The van der Waals surface area contributed by atoms with E-state index in [2.05, 4.69) is 40.7 Å². The second-order valence-electron chi connectivity index (χ2n) is 4.56. The van der Waals surface area contributed by atoms with Crippen LogP contribution in [0, 0.1) is 5.92 Å². The minimum atomic E-state index is 0.671. The molecule has 4 heteroatoms. The molecule has 1 heterocycles. The first-order valence-electron chi connectivity index (χ1n) is 5.99. The number of aromatic nitrogens is 2. The van der Waals surface area contributed by atoms with Crippen LogP contribution in [0.2, 0.25) is 0 Å². The Morgan fingerprint density at radius 1 is 1.56 bits per heavy atom. The van der Waals surface area contributed by atoms with Crippen molar-refractivity contribution in [2.75, 3.05) is 26.7 Å². The molecule has 0 saturated heterocycles. The summed E-state index contributed by atoms with van der Waals surface area (Å²) in [7, 11) is 4.19. The van der Waals surface area contributed by atoms with Gasteiger partial charge in [-0.25, -0.2) is 4.98 Å². The molecule has 0 aliphatic rings. The average Bonchev–Trinajstić information content (AvgIpc) is 2.61. The highest BCUT2D eigenvalue weighted by Crippen LogP contribution is 2.02. The Kier molecular flexibility index (Phi) is 5.49. The summed E-state index contributed by atoms with van der Waals surface area (Å²) < 4.78 is 2.07. The van der Waals surface area contributed by atoms with E-state index in [4.69, 9.17) is 0 Å². The summed E-state index contributed by atoms with van der Waals surface area (Å²) in [4.78, 5) is 6.65. The Hall–Kier alpha value is -0.870. The van der Waals surface area contributed by atoms with Crippen molar-refractivity contribution in [3.8, 4) is 0 Å². The van der Waals surface area contributed by atoms with Crippen LogP contribution in [0.25, 0.3) is 0 Å². The fourth-order valence-electron chi connectivity index (χ4n) is 1.84. The average molecular weight is 224 g/mol. The lowest BCUT2D eigenvalue weighted by atomic mass is 10.1. The summed E-state index contributed by atoms with van der Waals surface area (Å²) in [6.07, 6.45) is 3.84. The van der Waals surface area contributed by atoms with Gasteiger partial charge in [0.15, 0.2) is 0 Å². The molecule has 1 atom stereocenters. The van der Waals surface area contributed by atoms with E-state index in [0.29, 0.717) is 5.92 Å². The van der Waals surface area contributed by atoms with Crippen molar-refractivity contribution in [3.63, 3.8) is 0 Å². The molecule has 0 aliphatic carbocycles. The van der Waals surface area contributed by atoms with Gasteiger partial charge < -0.3 is 9.88 Å². The standard InChI is InChI=1S/C12H24N4/c1-5-13-8-11(2)9-15(3)10-12-14-6-7-16(12)4/h6-7,11,13H,5,8-10H2,1-4H3. The van der Waals surface area contributed by atoms with Crippen LogP contribution in [0.5, 0.6) is 0 Å². The van der Waals surface area contributed by atoms with E-state index in [1.165, 1.54) is 0 Å². The van der Waals surface area contributed by atoms with Crippen LogP contribution in [0.3, 0.4) is 0 Å². The van der Waals surface area contributed by atoms with Gasteiger partial charge in [-0.05, 0) is 26.1 Å². The SMILES string of the molecule is CCNCC(C)CN(C)Cc1nccn1C. The van der Waals surface area contributed by atoms with Gasteiger partial charge in [0.1, 0.15) is 5.82 Å². The van der Waals surface area contributed by atoms with Crippen LogP contribution in [0.1, 0.15) is 19.7 Å². The first-order chi connectivity index (χ1) is 7.63. The fourth-order valence-corrected chi connectivity index (χ4v) is 1.84. The zero-order valence-electron chi connectivity index (χ0n) is 10.9. The fraction of sp³-hybridized carbons (Fsp3) is 0.750. The summed E-state index contributed by atoms with van der Waals surface area (Å²) in [5.41, 5.74) is 0. The lowest BCUT2D eigenvalue weighted by Crippen LogP contribution is -2.31. The molecule has 1 aromatic rings. The maximum absolute atomic E-state index is 4.33. The van der Waals surface area contributed by atoms with Crippen molar-refractivity contribution in [1.82, 2.24) is 19.8 Å². The Labute approximate surface area is 98.7 Å². The van der Waals surface area contributed by atoms with Crippen LogP contribution in [0.4, 0.5) is 0 Å². The molecule has 16 heavy (non-hydrogen) atoms. The summed E-state index contributed by atoms with van der Waals surface area (Å²) in [5, 5.41) is 3.38. The molecule has 0 bridgehead atoms. The molecule has 92 valence electrons. The summed E-state index contributed by atoms with van der Waals surface area (Å²) in [6.45, 7) is 8.57. The Morgan fingerprint density at radius 2 is 2.31 bits per heavy atom. The third kappa shape index (κ3) is 4.33. The molecule has 0 fully saturated rings. The highest BCUT2D eigenvalue weighted by Gasteiger charge is 2.08. The number of hydrogen-bond acceptors (Lipinski definition) is 3. The molecule has 0 amide bonds. The largest absolute Gasteiger partial charge is 0.337 e. The highest BCUT2D eigenvalue weighted by molar-refractivity contribution is 4.90. The maximum atomic E-state index is 4.33. The summed E-state index contributed by atoms with van der Waals surface area (Å²) in [5.74, 6) is 1.79. The second kappa shape index (κ2) is 6.66. The third-order valence-electron chi connectivity index (χ3n) is 2.70. The summed E-state index contributed by atoms with van der Waals surface area (Å²) >= 11 is 0. The molecular formula is C12H24N4. The van der Waals surface area contributed by atoms with E-state index in [9.17, 15) is 0 Å². The number of nitrogens with zero attached hydrogens (tertiary/aromatic N) is 3. The molecule has 0 spiro atoms. The van der Waals surface area contributed by atoms with E-state index in [1.807, 2.05) is 19.4 Å². The second-order valence-corrected chi connectivity index (χ2v) is 4.56. The van der Waals surface area contributed by atoms with Crippen molar-refractivity contribution >= 4 is 0 Å². The smallest absolute Gasteiger partial charge is 0.122 e. The predicted molar refractivity (Wildman–Crippen MR) is 67.2 cm³/mol. The molecule has 0 radical (unpaired) electrons. The van der Waals surface area contributed by atoms with Crippen LogP contribution >= 0.6 is 0 Å². The van der Waals surface area contributed by atoms with Gasteiger partial charge in [0.25, 0.3) is 0 Å². The Morgan fingerprint density at radius 3 is 2.88 bits per heavy atom. The molecular weight excluding hydrogens is 200 g/mol. The number of aryl methyl sites for hydroxylation is 1. The van der Waals surface area contributed by atoms with E-state index >= 15 is 0 Å². The van der Waals surface area contributed by atoms with Crippen LogP contribution in [0.15, 0.2) is 12.4 Å². The van der Waals surface area contributed by atoms with Crippen molar-refractivity contribution in [3.05, 3.63) is 18.2 Å². The molecule has 0 aliphatic heterocycles. The normalized spacial score (nSPS) is 13.3. The zero-order chi connectivity index (χ0) is 12.0. The molecule has 1 unspecified atom stereocenters. The van der Waals surface area contributed by atoms with E-state index in [1.54, 1.807) is 0 Å². The molecule has 1 aromatic heterocycles. The van der Waals surface area contributed by atoms with Gasteiger partial charge in [-0.1, -0.05) is 13.8 Å². The van der Waals surface area contributed by atoms with Crippen molar-refractivity contribution in [2.24, 2.45) is 13.0 Å². The van der Waals surface area contributed by atoms with Crippen LogP contribution in [-0.2, 0) is 13.6 Å². The van der Waals surface area contributed by atoms with Crippen molar-refractivity contribution < 1.29 is 0 Å². The van der Waals surface area contributed by atoms with E-state index < -0.39 is 0 Å². The van der Waals surface area contributed by atoms with Crippen molar-refractivity contribution in [1.29, 1.82) is 0 Å².